The Labute approximate surface area is 225 Å². The highest BCUT2D eigenvalue weighted by Crippen LogP contribution is 2.51. The predicted octanol–water partition coefficient (Wildman–Crippen LogP) is 4.56. The van der Waals surface area contributed by atoms with Crippen molar-refractivity contribution in [3.05, 3.63) is 59.7 Å². The quantitative estimate of drug-likeness (QED) is 0.428. The number of carbonyl (C=O) groups excluding carboxylic acids is 4. The van der Waals surface area contributed by atoms with Gasteiger partial charge in [0.05, 0.1) is 6.61 Å². The lowest BCUT2D eigenvalue weighted by molar-refractivity contribution is -0.155. The zero-order valence-corrected chi connectivity index (χ0v) is 23.6. The molecule has 2 aromatic rings. The summed E-state index contributed by atoms with van der Waals surface area (Å²) in [6.07, 6.45) is 0.646. The van der Waals surface area contributed by atoms with Gasteiger partial charge in [0.15, 0.2) is 0 Å². The van der Waals surface area contributed by atoms with Gasteiger partial charge in [-0.1, -0.05) is 37.3 Å². The van der Waals surface area contributed by atoms with Gasteiger partial charge in [0.2, 0.25) is 23.6 Å². The number of ether oxygens (including phenoxy) is 1. The molecule has 0 spiro atoms. The normalized spacial score (nSPS) is 19.1. The Bertz CT molecular complexity index is 1230. The van der Waals surface area contributed by atoms with Crippen LogP contribution < -0.4 is 15.5 Å². The first-order chi connectivity index (χ1) is 17.6. The first kappa shape index (κ1) is 28.9. The lowest BCUT2D eigenvalue weighted by Crippen LogP contribution is -2.55. The fourth-order valence-corrected chi connectivity index (χ4v) is 5.49. The van der Waals surface area contributed by atoms with E-state index < -0.39 is 40.2 Å². The summed E-state index contributed by atoms with van der Waals surface area (Å²) in [6, 6.07) is 15.4. The minimum absolute atomic E-state index is 0.0380. The van der Waals surface area contributed by atoms with E-state index in [1.165, 1.54) is 0 Å². The van der Waals surface area contributed by atoms with Gasteiger partial charge in [0.25, 0.3) is 0 Å². The van der Waals surface area contributed by atoms with E-state index in [-0.39, 0.29) is 12.5 Å². The van der Waals surface area contributed by atoms with Gasteiger partial charge in [0.1, 0.15) is 0 Å². The molecule has 0 fully saturated rings. The molecule has 3 rings (SSSR count). The average Bonchev–Trinajstić information content (AvgIpc) is 2.78. The molecule has 204 valence electrons. The van der Waals surface area contributed by atoms with Crippen LogP contribution in [-0.4, -0.2) is 41.4 Å². The number of nitrogens with zero attached hydrogens (tertiary/aromatic N) is 1. The fourth-order valence-electron chi connectivity index (χ4n) is 5.49. The van der Waals surface area contributed by atoms with Gasteiger partial charge in [-0.3, -0.25) is 19.2 Å². The van der Waals surface area contributed by atoms with Crippen molar-refractivity contribution in [2.45, 2.75) is 78.3 Å². The van der Waals surface area contributed by atoms with Gasteiger partial charge in [-0.15, -0.1) is 0 Å². The number of amides is 3. The van der Waals surface area contributed by atoms with Crippen LogP contribution in [0.5, 0.6) is 0 Å². The molecule has 1 aliphatic rings. The molecule has 0 saturated heterocycles. The Morgan fingerprint density at radius 2 is 1.63 bits per heavy atom. The zero-order valence-electron chi connectivity index (χ0n) is 23.6. The minimum Gasteiger partial charge on any atom is -0.465 e. The summed E-state index contributed by atoms with van der Waals surface area (Å²) in [5.41, 5.74) is 1.53. The van der Waals surface area contributed by atoms with E-state index in [1.807, 2.05) is 44.2 Å². The summed E-state index contributed by atoms with van der Waals surface area (Å²) in [5.74, 6) is -4.18. The fraction of sp³-hybridized carbons (Fsp3) is 0.467. The number of esters is 1. The van der Waals surface area contributed by atoms with Gasteiger partial charge >= 0.3 is 5.97 Å². The van der Waals surface area contributed by atoms with Crippen LogP contribution in [0.1, 0.15) is 72.9 Å². The van der Waals surface area contributed by atoms with Crippen molar-refractivity contribution < 1.29 is 23.9 Å². The van der Waals surface area contributed by atoms with Crippen molar-refractivity contribution in [2.24, 2.45) is 5.92 Å². The molecule has 0 aliphatic carbocycles. The number of fused-ring (bicyclic) bond motifs is 1. The molecule has 0 bridgehead atoms. The van der Waals surface area contributed by atoms with Crippen LogP contribution in [-0.2, 0) is 29.3 Å². The van der Waals surface area contributed by atoms with Crippen molar-refractivity contribution in [1.29, 1.82) is 0 Å². The van der Waals surface area contributed by atoms with Crippen molar-refractivity contribution >= 4 is 35.1 Å². The molecular formula is C30H39N3O5. The first-order valence-corrected chi connectivity index (χ1v) is 12.9. The molecular weight excluding hydrogens is 482 g/mol. The number of carbonyl (C=O) groups is 4. The SMILES string of the molecule is CCOC(=O)C(C(=O)Nc1ccc2c(c1)C(C)(c1ccccc1)CC(C)(C)N2C(C)=O)C(=O)NC(C)(C)C. The molecule has 1 aliphatic heterocycles. The second kappa shape index (κ2) is 10.6. The van der Waals surface area contributed by atoms with E-state index in [2.05, 4.69) is 29.7 Å². The summed E-state index contributed by atoms with van der Waals surface area (Å²) in [4.78, 5) is 53.4. The maximum atomic E-state index is 13.3. The van der Waals surface area contributed by atoms with Crippen molar-refractivity contribution in [3.63, 3.8) is 0 Å². The summed E-state index contributed by atoms with van der Waals surface area (Å²) in [7, 11) is 0. The summed E-state index contributed by atoms with van der Waals surface area (Å²) < 4.78 is 5.04. The second-order valence-electron chi connectivity index (χ2n) is 11.7. The molecule has 8 heteroatoms. The highest BCUT2D eigenvalue weighted by molar-refractivity contribution is 6.19. The van der Waals surface area contributed by atoms with Crippen LogP contribution in [0.15, 0.2) is 48.5 Å². The van der Waals surface area contributed by atoms with Crippen LogP contribution in [0, 0.1) is 5.92 Å². The predicted molar refractivity (Wildman–Crippen MR) is 148 cm³/mol. The third-order valence-electron chi connectivity index (χ3n) is 6.76. The molecule has 2 aromatic carbocycles. The maximum absolute atomic E-state index is 13.3. The summed E-state index contributed by atoms with van der Waals surface area (Å²) in [6.45, 7) is 14.7. The van der Waals surface area contributed by atoms with Crippen LogP contribution in [0.25, 0.3) is 0 Å². The molecule has 1 heterocycles. The molecule has 2 unspecified atom stereocenters. The van der Waals surface area contributed by atoms with E-state index in [9.17, 15) is 19.2 Å². The molecule has 0 saturated carbocycles. The number of nitrogens with one attached hydrogen (secondary N) is 2. The van der Waals surface area contributed by atoms with Crippen LogP contribution in [0.4, 0.5) is 11.4 Å². The van der Waals surface area contributed by atoms with E-state index in [4.69, 9.17) is 4.74 Å². The van der Waals surface area contributed by atoms with E-state index in [0.717, 1.165) is 16.8 Å². The van der Waals surface area contributed by atoms with Crippen LogP contribution in [0.2, 0.25) is 0 Å². The largest absolute Gasteiger partial charge is 0.465 e. The van der Waals surface area contributed by atoms with Crippen LogP contribution >= 0.6 is 0 Å². The molecule has 0 aromatic heterocycles. The highest BCUT2D eigenvalue weighted by Gasteiger charge is 2.47. The molecule has 0 radical (unpaired) electrons. The Balaban J connectivity index is 2.07. The monoisotopic (exact) mass is 521 g/mol. The number of hydrogen-bond donors (Lipinski definition) is 2. The number of benzene rings is 2. The van der Waals surface area contributed by atoms with Gasteiger partial charge in [0, 0.05) is 34.8 Å². The molecule has 2 N–H and O–H groups in total. The van der Waals surface area contributed by atoms with Crippen molar-refractivity contribution in [2.75, 3.05) is 16.8 Å². The number of rotatable bonds is 6. The molecule has 38 heavy (non-hydrogen) atoms. The summed E-state index contributed by atoms with van der Waals surface area (Å²) in [5, 5.41) is 5.44. The Morgan fingerprint density at radius 1 is 1.00 bits per heavy atom. The maximum Gasteiger partial charge on any atom is 0.328 e. The lowest BCUT2D eigenvalue weighted by Gasteiger charge is -2.51. The lowest BCUT2D eigenvalue weighted by atomic mass is 9.65. The van der Waals surface area contributed by atoms with E-state index in [1.54, 1.807) is 45.6 Å². The Morgan fingerprint density at radius 3 is 2.18 bits per heavy atom. The molecule has 3 amide bonds. The zero-order chi connectivity index (χ0) is 28.5. The summed E-state index contributed by atoms with van der Waals surface area (Å²) >= 11 is 0. The Kier molecular flexibility index (Phi) is 8.05. The smallest absolute Gasteiger partial charge is 0.328 e. The van der Waals surface area contributed by atoms with E-state index >= 15 is 0 Å². The first-order valence-electron chi connectivity index (χ1n) is 12.9. The average molecular weight is 522 g/mol. The number of hydrogen-bond acceptors (Lipinski definition) is 5. The van der Waals surface area contributed by atoms with Crippen LogP contribution in [0.3, 0.4) is 0 Å². The second-order valence-corrected chi connectivity index (χ2v) is 11.7. The van der Waals surface area contributed by atoms with Gasteiger partial charge in [-0.05, 0) is 77.3 Å². The molecule has 8 nitrogen and oxygen atoms in total. The van der Waals surface area contributed by atoms with Crippen molar-refractivity contribution in [1.82, 2.24) is 5.32 Å². The standard InChI is InChI=1S/C30H39N3O5/c1-9-38-27(37)24(26(36)32-28(3,4)5)25(35)31-21-15-16-23-22(17-21)30(8,20-13-11-10-12-14-20)18-29(6,7)33(23)19(2)34/h10-17,24H,9,18H2,1-8H3,(H,31,35)(H,32,36). The van der Waals surface area contributed by atoms with Gasteiger partial charge in [-0.2, -0.15) is 0 Å². The van der Waals surface area contributed by atoms with E-state index in [0.29, 0.717) is 12.1 Å². The third kappa shape index (κ3) is 5.90. The number of anilines is 2. The van der Waals surface area contributed by atoms with Crippen molar-refractivity contribution in [3.8, 4) is 0 Å². The minimum atomic E-state index is -1.67. The van der Waals surface area contributed by atoms with Gasteiger partial charge in [-0.25, -0.2) is 0 Å². The highest BCUT2D eigenvalue weighted by atomic mass is 16.5. The Hall–Kier alpha value is -3.68. The molecule has 2 atom stereocenters. The third-order valence-corrected chi connectivity index (χ3v) is 6.76. The van der Waals surface area contributed by atoms with Gasteiger partial charge < -0.3 is 20.3 Å². The topological polar surface area (TPSA) is 105 Å².